The predicted molar refractivity (Wildman–Crippen MR) is 158 cm³/mol. The molecule has 8 rings (SSSR count). The van der Waals surface area contributed by atoms with Gasteiger partial charge in [0.15, 0.2) is 0 Å². The molecule has 38 heavy (non-hydrogen) atoms. The average Bonchev–Trinajstić information content (AvgIpc) is 3.32. The number of benzene rings is 6. The first kappa shape index (κ1) is 21.0. The minimum atomic E-state index is 0.903. The zero-order chi connectivity index (χ0) is 25.1. The highest BCUT2D eigenvalue weighted by atomic mass is 14.8. The number of nitrogens with zero attached hydrogens (tertiary/aromatic N) is 2. The van der Waals surface area contributed by atoms with E-state index in [4.69, 9.17) is 9.97 Å². The van der Waals surface area contributed by atoms with Crippen LogP contribution in [0.2, 0.25) is 0 Å². The molecule has 0 spiro atoms. The lowest BCUT2D eigenvalue weighted by atomic mass is 9.94. The summed E-state index contributed by atoms with van der Waals surface area (Å²) in [5.41, 5.74) is 13.4. The molecule has 0 atom stereocenters. The van der Waals surface area contributed by atoms with Crippen LogP contribution in [-0.2, 0) is 0 Å². The van der Waals surface area contributed by atoms with Crippen LogP contribution in [0.25, 0.3) is 77.7 Å². The summed E-state index contributed by atoms with van der Waals surface area (Å²) >= 11 is 0. The van der Waals surface area contributed by atoms with E-state index >= 15 is 0 Å². The highest BCUT2D eigenvalue weighted by Gasteiger charge is 2.24. The van der Waals surface area contributed by atoms with Crippen LogP contribution in [-0.4, -0.2) is 9.97 Å². The summed E-state index contributed by atoms with van der Waals surface area (Å²) in [6, 6.07) is 47.1. The predicted octanol–water partition coefficient (Wildman–Crippen LogP) is 9.43. The summed E-state index contributed by atoms with van der Waals surface area (Å²) in [6.45, 7) is 0. The molecule has 0 bridgehead atoms. The van der Waals surface area contributed by atoms with E-state index in [0.717, 1.165) is 33.5 Å². The van der Waals surface area contributed by atoms with Gasteiger partial charge in [-0.25, -0.2) is 9.97 Å². The van der Waals surface area contributed by atoms with E-state index in [-0.39, 0.29) is 0 Å². The second-order valence-electron chi connectivity index (χ2n) is 9.79. The third kappa shape index (κ3) is 3.14. The number of rotatable bonds is 3. The molecule has 0 saturated carbocycles. The van der Waals surface area contributed by atoms with Gasteiger partial charge in [0.2, 0.25) is 0 Å². The molecule has 0 N–H and O–H groups in total. The number of fused-ring (bicyclic) bond motifs is 4. The molecule has 0 unspecified atom stereocenters. The molecule has 0 aliphatic heterocycles. The van der Waals surface area contributed by atoms with Gasteiger partial charge < -0.3 is 0 Å². The van der Waals surface area contributed by atoms with Gasteiger partial charge in [-0.1, -0.05) is 115 Å². The third-order valence-electron chi connectivity index (χ3n) is 7.62. The third-order valence-corrected chi connectivity index (χ3v) is 7.62. The largest absolute Gasteiger partial charge is 0.244 e. The smallest absolute Gasteiger partial charge is 0.0973 e. The number of para-hydroxylation sites is 2. The molecule has 1 heterocycles. The van der Waals surface area contributed by atoms with Crippen LogP contribution >= 0.6 is 0 Å². The molecule has 2 heteroatoms. The Labute approximate surface area is 220 Å². The average molecular weight is 483 g/mol. The van der Waals surface area contributed by atoms with Crippen LogP contribution < -0.4 is 0 Å². The topological polar surface area (TPSA) is 25.8 Å². The quantitative estimate of drug-likeness (QED) is 0.251. The lowest BCUT2D eigenvalue weighted by Crippen LogP contribution is -1.95. The van der Waals surface area contributed by atoms with Crippen molar-refractivity contribution in [3.8, 4) is 55.9 Å². The summed E-state index contributed by atoms with van der Waals surface area (Å²) in [5.74, 6) is 0. The Morgan fingerprint density at radius 1 is 0.342 bits per heavy atom. The molecule has 7 aromatic rings. The van der Waals surface area contributed by atoms with Gasteiger partial charge in [0.25, 0.3) is 0 Å². The standard InChI is InChI=1S/C36H22N2/c1-3-10-23(11-4-1)26-20-21-30-31-22-25(18-19-27(31)29-15-9-14-28(26)34(29)30)36-35(24-12-5-2-6-13-24)37-32-16-7-8-17-33(32)38-36/h1-22H. The normalized spacial score (nSPS) is 11.7. The lowest BCUT2D eigenvalue weighted by Gasteiger charge is -2.12. The van der Waals surface area contributed by atoms with E-state index in [9.17, 15) is 0 Å². The molecule has 0 fully saturated rings. The number of hydrogen-bond acceptors (Lipinski definition) is 2. The van der Waals surface area contributed by atoms with Crippen LogP contribution in [0.15, 0.2) is 133 Å². The van der Waals surface area contributed by atoms with Crippen LogP contribution in [0.4, 0.5) is 0 Å². The fraction of sp³-hybridized carbons (Fsp3) is 0. The summed E-state index contributed by atoms with van der Waals surface area (Å²) in [4.78, 5) is 10.2. The monoisotopic (exact) mass is 482 g/mol. The molecular formula is C36H22N2. The Bertz CT molecular complexity index is 2010. The molecule has 6 aromatic carbocycles. The van der Waals surface area contributed by atoms with Crippen molar-refractivity contribution < 1.29 is 0 Å². The van der Waals surface area contributed by atoms with Crippen LogP contribution in [0, 0.1) is 0 Å². The van der Waals surface area contributed by atoms with Gasteiger partial charge in [-0.05, 0) is 62.4 Å². The molecule has 1 aliphatic rings. The molecule has 0 radical (unpaired) electrons. The first-order valence-electron chi connectivity index (χ1n) is 12.9. The van der Waals surface area contributed by atoms with Gasteiger partial charge >= 0.3 is 0 Å². The minimum absolute atomic E-state index is 0.903. The Balaban J connectivity index is 1.36. The van der Waals surface area contributed by atoms with Crippen molar-refractivity contribution >= 4 is 21.8 Å². The molecule has 1 aromatic heterocycles. The van der Waals surface area contributed by atoms with Crippen molar-refractivity contribution in [2.24, 2.45) is 0 Å². The zero-order valence-corrected chi connectivity index (χ0v) is 20.6. The van der Waals surface area contributed by atoms with Crippen LogP contribution in [0.1, 0.15) is 0 Å². The van der Waals surface area contributed by atoms with Gasteiger partial charge in [-0.3, -0.25) is 0 Å². The highest BCUT2D eigenvalue weighted by Crippen LogP contribution is 2.50. The summed E-state index contributed by atoms with van der Waals surface area (Å²) in [5, 5.41) is 2.62. The number of aromatic nitrogens is 2. The molecule has 1 aliphatic carbocycles. The molecule has 0 amide bonds. The Kier molecular flexibility index (Phi) is 4.55. The van der Waals surface area contributed by atoms with Gasteiger partial charge in [-0.2, -0.15) is 0 Å². The second kappa shape index (κ2) is 8.22. The summed E-state index contributed by atoms with van der Waals surface area (Å²) < 4.78 is 0. The van der Waals surface area contributed by atoms with Crippen molar-refractivity contribution in [2.75, 3.05) is 0 Å². The lowest BCUT2D eigenvalue weighted by molar-refractivity contribution is 1.29. The Morgan fingerprint density at radius 2 is 0.921 bits per heavy atom. The van der Waals surface area contributed by atoms with E-state index in [0.29, 0.717) is 0 Å². The minimum Gasteiger partial charge on any atom is -0.244 e. The van der Waals surface area contributed by atoms with Gasteiger partial charge in [0, 0.05) is 11.1 Å². The van der Waals surface area contributed by atoms with Crippen molar-refractivity contribution in [2.45, 2.75) is 0 Å². The highest BCUT2D eigenvalue weighted by molar-refractivity contribution is 6.19. The van der Waals surface area contributed by atoms with E-state index in [1.165, 1.54) is 44.2 Å². The summed E-state index contributed by atoms with van der Waals surface area (Å²) in [6.07, 6.45) is 0. The Hall–Kier alpha value is -5.08. The van der Waals surface area contributed by atoms with E-state index in [1.54, 1.807) is 0 Å². The van der Waals surface area contributed by atoms with Gasteiger partial charge in [0.1, 0.15) is 0 Å². The Morgan fingerprint density at radius 3 is 1.66 bits per heavy atom. The van der Waals surface area contributed by atoms with Crippen LogP contribution in [0.5, 0.6) is 0 Å². The first-order chi connectivity index (χ1) is 18.8. The van der Waals surface area contributed by atoms with Crippen LogP contribution in [0.3, 0.4) is 0 Å². The maximum Gasteiger partial charge on any atom is 0.0973 e. The van der Waals surface area contributed by atoms with Crippen molar-refractivity contribution in [3.63, 3.8) is 0 Å². The van der Waals surface area contributed by atoms with E-state index < -0.39 is 0 Å². The molecule has 0 saturated heterocycles. The van der Waals surface area contributed by atoms with Gasteiger partial charge in [-0.15, -0.1) is 0 Å². The molecule has 176 valence electrons. The second-order valence-corrected chi connectivity index (χ2v) is 9.79. The van der Waals surface area contributed by atoms with Crippen molar-refractivity contribution in [1.82, 2.24) is 9.97 Å². The summed E-state index contributed by atoms with van der Waals surface area (Å²) in [7, 11) is 0. The first-order valence-corrected chi connectivity index (χ1v) is 12.9. The molecule has 2 nitrogen and oxygen atoms in total. The van der Waals surface area contributed by atoms with Crippen molar-refractivity contribution in [3.05, 3.63) is 133 Å². The van der Waals surface area contributed by atoms with E-state index in [1.807, 2.05) is 30.3 Å². The SMILES string of the molecule is c1ccc(-c2nc3ccccc3nc2-c2ccc3c(c2)-c2ccc(-c4ccccc4)c4cccc-3c24)cc1. The fourth-order valence-electron chi connectivity index (χ4n) is 5.87. The maximum absolute atomic E-state index is 5.14. The molecular weight excluding hydrogens is 460 g/mol. The zero-order valence-electron chi connectivity index (χ0n) is 20.6. The van der Waals surface area contributed by atoms with Gasteiger partial charge in [0.05, 0.1) is 22.4 Å². The van der Waals surface area contributed by atoms with Crippen molar-refractivity contribution in [1.29, 1.82) is 0 Å². The fourth-order valence-corrected chi connectivity index (χ4v) is 5.87. The number of hydrogen-bond donors (Lipinski definition) is 0. The maximum atomic E-state index is 5.14. The van der Waals surface area contributed by atoms with E-state index in [2.05, 4.69) is 103 Å².